The largest absolute Gasteiger partial charge is 0.202 e. The smallest absolute Gasteiger partial charge is 0.0631 e. The van der Waals surface area contributed by atoms with Crippen molar-refractivity contribution < 1.29 is 0 Å². The lowest BCUT2D eigenvalue weighted by Crippen LogP contribution is -2.29. The fraction of sp³-hybridized carbons (Fsp3) is 0.667. The molecule has 1 aliphatic heterocycles. The van der Waals surface area contributed by atoms with Crippen LogP contribution in [0, 0.1) is 12.1 Å². The highest BCUT2D eigenvalue weighted by molar-refractivity contribution is 5.16. The van der Waals surface area contributed by atoms with E-state index in [1.165, 1.54) is 0 Å². The number of hydrogen-bond acceptors (Lipinski definition) is 2. The Bertz CT molecular complexity index is 119. The van der Waals surface area contributed by atoms with Gasteiger partial charge in [-0.1, -0.05) is 13.8 Å². The lowest BCUT2D eigenvalue weighted by atomic mass is 10.6. The van der Waals surface area contributed by atoms with Gasteiger partial charge in [0.1, 0.15) is 0 Å². The van der Waals surface area contributed by atoms with Gasteiger partial charge < -0.3 is 0 Å². The highest BCUT2D eigenvalue weighted by atomic mass is 15.6. The SMILES string of the molecule is CCN(CC)N1C#C1. The molecule has 0 N–H and O–H groups in total. The van der Waals surface area contributed by atoms with Crippen molar-refractivity contribution in [2.45, 2.75) is 13.8 Å². The van der Waals surface area contributed by atoms with Crippen LogP contribution in [0.1, 0.15) is 13.8 Å². The Kier molecular flexibility index (Phi) is 1.40. The van der Waals surface area contributed by atoms with Crippen LogP contribution in [0.25, 0.3) is 0 Å². The van der Waals surface area contributed by atoms with Crippen LogP contribution in [0.15, 0.2) is 0 Å². The molecule has 44 valence electrons. The van der Waals surface area contributed by atoms with Crippen LogP contribution in [0.4, 0.5) is 0 Å². The second-order valence-electron chi connectivity index (χ2n) is 1.67. The van der Waals surface area contributed by atoms with Crippen molar-refractivity contribution in [1.82, 2.24) is 10.0 Å². The Morgan fingerprint density at radius 1 is 1.25 bits per heavy atom. The molecule has 1 heterocycles. The summed E-state index contributed by atoms with van der Waals surface area (Å²) in [5.74, 6) is 0. The minimum Gasteiger partial charge on any atom is -0.202 e. The summed E-state index contributed by atoms with van der Waals surface area (Å²) in [6.07, 6.45) is 0. The first-order chi connectivity index (χ1) is 3.88. The van der Waals surface area contributed by atoms with E-state index in [1.807, 2.05) is 5.01 Å². The van der Waals surface area contributed by atoms with Crippen LogP contribution in [0.2, 0.25) is 0 Å². The van der Waals surface area contributed by atoms with E-state index in [-0.39, 0.29) is 0 Å². The van der Waals surface area contributed by atoms with Crippen molar-refractivity contribution >= 4 is 0 Å². The summed E-state index contributed by atoms with van der Waals surface area (Å²) < 4.78 is 0. The molecule has 0 aromatic rings. The molecule has 0 unspecified atom stereocenters. The van der Waals surface area contributed by atoms with E-state index in [0.717, 1.165) is 13.1 Å². The van der Waals surface area contributed by atoms with Gasteiger partial charge in [-0.3, -0.25) is 0 Å². The van der Waals surface area contributed by atoms with Crippen molar-refractivity contribution in [2.24, 2.45) is 0 Å². The van der Waals surface area contributed by atoms with Gasteiger partial charge in [0, 0.05) is 13.1 Å². The van der Waals surface area contributed by atoms with Crippen LogP contribution in [-0.4, -0.2) is 23.1 Å². The predicted octanol–water partition coefficient (Wildman–Crippen LogP) is 0.477. The zero-order valence-electron chi connectivity index (χ0n) is 5.31. The standard InChI is InChI=1S/C6H10N2/c1-3-7(4-2)8-5-6-8/h3-4H2,1-2H3. The van der Waals surface area contributed by atoms with Gasteiger partial charge in [-0.2, -0.15) is 5.01 Å². The van der Waals surface area contributed by atoms with Gasteiger partial charge in [0.2, 0.25) is 0 Å². The number of rotatable bonds is 3. The Labute approximate surface area is 50.0 Å². The maximum Gasteiger partial charge on any atom is 0.0631 e. The van der Waals surface area contributed by atoms with Gasteiger partial charge in [-0.05, 0) is 0 Å². The van der Waals surface area contributed by atoms with Crippen LogP contribution in [0.5, 0.6) is 0 Å². The molecule has 0 radical (unpaired) electrons. The van der Waals surface area contributed by atoms with E-state index < -0.39 is 0 Å². The first-order valence-corrected chi connectivity index (χ1v) is 2.94. The third-order valence-electron chi connectivity index (χ3n) is 1.22. The summed E-state index contributed by atoms with van der Waals surface area (Å²) in [5.41, 5.74) is 0. The topological polar surface area (TPSA) is 6.25 Å². The monoisotopic (exact) mass is 110 g/mol. The zero-order valence-corrected chi connectivity index (χ0v) is 5.31. The van der Waals surface area contributed by atoms with Crippen LogP contribution < -0.4 is 0 Å². The van der Waals surface area contributed by atoms with E-state index in [9.17, 15) is 0 Å². The van der Waals surface area contributed by atoms with Crippen molar-refractivity contribution in [3.8, 4) is 12.1 Å². The molecule has 0 amide bonds. The number of hydrogen-bond donors (Lipinski definition) is 0. The molecule has 2 heteroatoms. The van der Waals surface area contributed by atoms with Crippen molar-refractivity contribution in [1.29, 1.82) is 0 Å². The Morgan fingerprint density at radius 3 is 1.88 bits per heavy atom. The Hall–Kier alpha value is -0.680. The average molecular weight is 110 g/mol. The average Bonchev–Trinajstić information content (AvgIpc) is 2.53. The van der Waals surface area contributed by atoms with Gasteiger partial charge in [0.15, 0.2) is 0 Å². The maximum absolute atomic E-state index is 2.85. The van der Waals surface area contributed by atoms with E-state index in [2.05, 4.69) is 30.9 Å². The van der Waals surface area contributed by atoms with E-state index in [0.29, 0.717) is 0 Å². The predicted molar refractivity (Wildman–Crippen MR) is 32.5 cm³/mol. The fourth-order valence-electron chi connectivity index (χ4n) is 0.670. The highest BCUT2D eigenvalue weighted by Gasteiger charge is 2.11. The molecule has 0 spiro atoms. The van der Waals surface area contributed by atoms with E-state index >= 15 is 0 Å². The third kappa shape index (κ3) is 0.932. The summed E-state index contributed by atoms with van der Waals surface area (Å²) in [7, 11) is 0. The quantitative estimate of drug-likeness (QED) is 0.487. The summed E-state index contributed by atoms with van der Waals surface area (Å²) in [5, 5.41) is 4.00. The molecule has 0 aromatic heterocycles. The van der Waals surface area contributed by atoms with Gasteiger partial charge in [0.25, 0.3) is 0 Å². The van der Waals surface area contributed by atoms with Crippen LogP contribution in [-0.2, 0) is 0 Å². The van der Waals surface area contributed by atoms with Crippen molar-refractivity contribution in [3.05, 3.63) is 0 Å². The molecule has 1 aliphatic rings. The van der Waals surface area contributed by atoms with Crippen molar-refractivity contribution in [3.63, 3.8) is 0 Å². The lowest BCUT2D eigenvalue weighted by Gasteiger charge is -2.16. The van der Waals surface area contributed by atoms with Crippen LogP contribution in [0.3, 0.4) is 0 Å². The Balaban J connectivity index is 2.17. The normalized spacial score (nSPS) is 13.6. The molecular formula is C6H10N2. The molecule has 8 heavy (non-hydrogen) atoms. The summed E-state index contributed by atoms with van der Waals surface area (Å²) in [4.78, 5) is 0. The van der Waals surface area contributed by atoms with Gasteiger partial charge in [-0.15, -0.1) is 0 Å². The molecule has 0 bridgehead atoms. The first kappa shape index (κ1) is 5.46. The number of hydrazine groups is 1. The maximum atomic E-state index is 2.85. The van der Waals surface area contributed by atoms with Crippen LogP contribution >= 0.6 is 0 Å². The zero-order chi connectivity index (χ0) is 5.98. The lowest BCUT2D eigenvalue weighted by molar-refractivity contribution is 0.131. The van der Waals surface area contributed by atoms with Crippen molar-refractivity contribution in [2.75, 3.05) is 13.1 Å². The van der Waals surface area contributed by atoms with Gasteiger partial charge in [-0.25, -0.2) is 5.01 Å². The molecule has 0 atom stereocenters. The molecule has 1 rings (SSSR count). The molecular weight excluding hydrogens is 100 g/mol. The highest BCUT2D eigenvalue weighted by Crippen LogP contribution is 2.00. The summed E-state index contributed by atoms with van der Waals surface area (Å²) in [6.45, 7) is 6.31. The Morgan fingerprint density at radius 2 is 1.75 bits per heavy atom. The summed E-state index contributed by atoms with van der Waals surface area (Å²) >= 11 is 0. The first-order valence-electron chi connectivity index (χ1n) is 2.94. The molecule has 0 aliphatic carbocycles. The molecule has 0 fully saturated rings. The molecule has 0 saturated heterocycles. The van der Waals surface area contributed by atoms with E-state index in [4.69, 9.17) is 0 Å². The molecule has 0 aromatic carbocycles. The molecule has 0 saturated carbocycles. The second kappa shape index (κ2) is 2.06. The third-order valence-corrected chi connectivity index (χ3v) is 1.22. The van der Waals surface area contributed by atoms with Gasteiger partial charge in [0.05, 0.1) is 12.1 Å². The number of nitrogens with zero attached hydrogens (tertiary/aromatic N) is 2. The summed E-state index contributed by atoms with van der Waals surface area (Å²) in [6, 6.07) is 5.69. The minimum absolute atomic E-state index is 1.04. The fourth-order valence-corrected chi connectivity index (χ4v) is 0.670. The minimum atomic E-state index is 1.04. The van der Waals surface area contributed by atoms with E-state index in [1.54, 1.807) is 0 Å². The van der Waals surface area contributed by atoms with Gasteiger partial charge >= 0.3 is 0 Å². The second-order valence-corrected chi connectivity index (χ2v) is 1.67. The molecule has 2 nitrogen and oxygen atoms in total.